The third kappa shape index (κ3) is 1.35. The Labute approximate surface area is 97.8 Å². The third-order valence-electron chi connectivity index (χ3n) is 3.29. The van der Waals surface area contributed by atoms with Crippen LogP contribution in [-0.2, 0) is 13.0 Å². The van der Waals surface area contributed by atoms with E-state index in [1.165, 1.54) is 5.56 Å². The zero-order chi connectivity index (χ0) is 12.0. The second-order valence-electron chi connectivity index (χ2n) is 4.19. The molecule has 86 valence electrons. The smallest absolute Gasteiger partial charge is 0.265 e. The van der Waals surface area contributed by atoms with Crippen molar-refractivity contribution >= 4 is 5.69 Å². The number of hydrogen-bond donors (Lipinski definition) is 0. The zero-order valence-corrected chi connectivity index (χ0v) is 9.38. The molecular weight excluding hydrogens is 218 g/mol. The molecular formula is C12H11N3O2. The van der Waals surface area contributed by atoms with Gasteiger partial charge in [0.15, 0.2) is 0 Å². The van der Waals surface area contributed by atoms with Crippen molar-refractivity contribution in [1.82, 2.24) is 9.78 Å². The Hall–Kier alpha value is -2.17. The van der Waals surface area contributed by atoms with Crippen LogP contribution in [0.2, 0.25) is 0 Å². The largest absolute Gasteiger partial charge is 0.272 e. The van der Waals surface area contributed by atoms with E-state index in [9.17, 15) is 10.1 Å². The first kappa shape index (κ1) is 10.0. The van der Waals surface area contributed by atoms with Gasteiger partial charge in [-0.25, -0.2) is 0 Å². The summed E-state index contributed by atoms with van der Waals surface area (Å²) >= 11 is 0. The summed E-state index contributed by atoms with van der Waals surface area (Å²) in [6, 6.07) is 5.37. The summed E-state index contributed by atoms with van der Waals surface area (Å²) in [6.07, 6.45) is 2.62. The van der Waals surface area contributed by atoms with Gasteiger partial charge in [0.05, 0.1) is 10.6 Å². The predicted octanol–water partition coefficient (Wildman–Crippen LogP) is 2.32. The van der Waals surface area contributed by atoms with Gasteiger partial charge in [0, 0.05) is 29.9 Å². The van der Waals surface area contributed by atoms with Crippen LogP contribution in [0.15, 0.2) is 24.4 Å². The lowest BCUT2D eigenvalue weighted by Gasteiger charge is -2.19. The van der Waals surface area contributed by atoms with Crippen molar-refractivity contribution in [3.8, 4) is 11.3 Å². The van der Waals surface area contributed by atoms with Gasteiger partial charge in [0.2, 0.25) is 0 Å². The number of nitrogens with zero attached hydrogens (tertiary/aromatic N) is 3. The van der Waals surface area contributed by atoms with Crippen molar-refractivity contribution in [3.05, 3.63) is 45.6 Å². The summed E-state index contributed by atoms with van der Waals surface area (Å²) < 4.78 is 1.90. The van der Waals surface area contributed by atoms with Crippen LogP contribution in [0.1, 0.15) is 11.1 Å². The molecule has 0 amide bonds. The maximum Gasteiger partial charge on any atom is 0.272 e. The summed E-state index contributed by atoms with van der Waals surface area (Å²) in [7, 11) is 0. The molecule has 17 heavy (non-hydrogen) atoms. The summed E-state index contributed by atoms with van der Waals surface area (Å²) in [6.45, 7) is 2.65. The number of hydrogen-bond acceptors (Lipinski definition) is 3. The highest BCUT2D eigenvalue weighted by molar-refractivity contribution is 5.73. The SMILES string of the molecule is Cc1c([N+](=O)[O-])ccc2c1-c1ccnn1CC2. The number of nitro groups is 1. The lowest BCUT2D eigenvalue weighted by molar-refractivity contribution is -0.385. The molecule has 2 heterocycles. The van der Waals surface area contributed by atoms with Gasteiger partial charge in [-0.15, -0.1) is 0 Å². The molecule has 0 aliphatic carbocycles. The molecule has 5 nitrogen and oxygen atoms in total. The molecule has 0 unspecified atom stereocenters. The van der Waals surface area contributed by atoms with E-state index in [4.69, 9.17) is 0 Å². The van der Waals surface area contributed by atoms with E-state index < -0.39 is 0 Å². The standard InChI is InChI=1S/C12H11N3O2/c1-8-10(15(16)17)3-2-9-5-7-14-11(12(8)9)4-6-13-14/h2-4,6H,5,7H2,1H3. The zero-order valence-electron chi connectivity index (χ0n) is 9.38. The Morgan fingerprint density at radius 2 is 2.24 bits per heavy atom. The monoisotopic (exact) mass is 229 g/mol. The van der Waals surface area contributed by atoms with Crippen LogP contribution in [0.4, 0.5) is 5.69 Å². The van der Waals surface area contributed by atoms with Gasteiger partial charge >= 0.3 is 0 Å². The Bertz CT molecular complexity index is 616. The van der Waals surface area contributed by atoms with E-state index in [1.54, 1.807) is 19.2 Å². The molecule has 0 bridgehead atoms. The molecule has 0 fully saturated rings. The van der Waals surface area contributed by atoms with Gasteiger partial charge in [0.1, 0.15) is 0 Å². The third-order valence-corrected chi connectivity index (χ3v) is 3.29. The van der Waals surface area contributed by atoms with Gasteiger partial charge in [-0.3, -0.25) is 14.8 Å². The fraction of sp³-hybridized carbons (Fsp3) is 0.250. The molecule has 0 saturated heterocycles. The maximum atomic E-state index is 10.9. The fourth-order valence-corrected chi connectivity index (χ4v) is 2.47. The number of nitro benzene ring substituents is 1. The van der Waals surface area contributed by atoms with Crippen molar-refractivity contribution in [2.45, 2.75) is 19.9 Å². The highest BCUT2D eigenvalue weighted by atomic mass is 16.6. The molecule has 0 spiro atoms. The normalized spacial score (nSPS) is 13.0. The quantitative estimate of drug-likeness (QED) is 0.557. The molecule has 5 heteroatoms. The molecule has 3 rings (SSSR count). The summed E-state index contributed by atoms with van der Waals surface area (Å²) in [5.41, 5.74) is 4.03. The number of rotatable bonds is 1. The molecule has 0 N–H and O–H groups in total. The molecule has 1 aromatic heterocycles. The van der Waals surface area contributed by atoms with Crippen LogP contribution >= 0.6 is 0 Å². The van der Waals surface area contributed by atoms with Gasteiger partial charge in [-0.2, -0.15) is 5.10 Å². The van der Waals surface area contributed by atoms with E-state index in [2.05, 4.69) is 5.10 Å². The summed E-state index contributed by atoms with van der Waals surface area (Å²) in [4.78, 5) is 10.6. The lowest BCUT2D eigenvalue weighted by atomic mass is 9.93. The van der Waals surface area contributed by atoms with Gasteiger partial charge < -0.3 is 0 Å². The van der Waals surface area contributed by atoms with Crippen LogP contribution in [0.25, 0.3) is 11.3 Å². The Morgan fingerprint density at radius 3 is 3.00 bits per heavy atom. The molecule has 1 aromatic carbocycles. The molecule has 1 aliphatic heterocycles. The summed E-state index contributed by atoms with van der Waals surface area (Å²) in [5.74, 6) is 0. The van der Waals surface area contributed by atoms with E-state index in [-0.39, 0.29) is 10.6 Å². The first-order valence-corrected chi connectivity index (χ1v) is 5.47. The van der Waals surface area contributed by atoms with Crippen LogP contribution in [0.3, 0.4) is 0 Å². The Balaban J connectivity index is 2.31. The first-order valence-electron chi connectivity index (χ1n) is 5.47. The highest BCUT2D eigenvalue weighted by Crippen LogP contribution is 2.36. The molecule has 0 atom stereocenters. The van der Waals surface area contributed by atoms with Crippen molar-refractivity contribution in [3.63, 3.8) is 0 Å². The number of aryl methyl sites for hydroxylation is 2. The van der Waals surface area contributed by atoms with E-state index >= 15 is 0 Å². The topological polar surface area (TPSA) is 61.0 Å². The lowest BCUT2D eigenvalue weighted by Crippen LogP contribution is -2.13. The van der Waals surface area contributed by atoms with Crippen molar-refractivity contribution in [2.75, 3.05) is 0 Å². The van der Waals surface area contributed by atoms with E-state index in [0.717, 1.165) is 29.8 Å². The molecule has 0 radical (unpaired) electrons. The Morgan fingerprint density at radius 1 is 1.41 bits per heavy atom. The number of benzene rings is 1. The average molecular weight is 229 g/mol. The second kappa shape index (κ2) is 3.41. The minimum absolute atomic E-state index is 0.179. The van der Waals surface area contributed by atoms with E-state index in [1.807, 2.05) is 16.8 Å². The van der Waals surface area contributed by atoms with Crippen LogP contribution < -0.4 is 0 Å². The van der Waals surface area contributed by atoms with Crippen LogP contribution in [0.5, 0.6) is 0 Å². The van der Waals surface area contributed by atoms with Crippen LogP contribution in [0, 0.1) is 17.0 Å². The molecule has 2 aromatic rings. The molecule has 1 aliphatic rings. The van der Waals surface area contributed by atoms with Gasteiger partial charge in [-0.05, 0) is 25.0 Å². The minimum Gasteiger partial charge on any atom is -0.265 e. The second-order valence-corrected chi connectivity index (χ2v) is 4.19. The number of fused-ring (bicyclic) bond motifs is 3. The number of aromatic nitrogens is 2. The van der Waals surface area contributed by atoms with Gasteiger partial charge in [-0.1, -0.05) is 6.07 Å². The summed E-state index contributed by atoms with van der Waals surface area (Å²) in [5, 5.41) is 15.2. The minimum atomic E-state index is -0.328. The van der Waals surface area contributed by atoms with E-state index in [0.29, 0.717) is 0 Å². The fourth-order valence-electron chi connectivity index (χ4n) is 2.47. The van der Waals surface area contributed by atoms with Crippen molar-refractivity contribution in [2.24, 2.45) is 0 Å². The predicted molar refractivity (Wildman–Crippen MR) is 62.8 cm³/mol. The Kier molecular flexibility index (Phi) is 2.01. The maximum absolute atomic E-state index is 10.9. The van der Waals surface area contributed by atoms with Crippen molar-refractivity contribution < 1.29 is 4.92 Å². The van der Waals surface area contributed by atoms with Crippen LogP contribution in [-0.4, -0.2) is 14.7 Å². The van der Waals surface area contributed by atoms with Crippen molar-refractivity contribution in [1.29, 1.82) is 0 Å². The van der Waals surface area contributed by atoms with Gasteiger partial charge in [0.25, 0.3) is 5.69 Å². The average Bonchev–Trinajstić information content (AvgIpc) is 2.76. The highest BCUT2D eigenvalue weighted by Gasteiger charge is 2.23. The first-order chi connectivity index (χ1) is 8.18. The molecule has 0 saturated carbocycles.